The van der Waals surface area contributed by atoms with Crippen molar-refractivity contribution in [3.63, 3.8) is 0 Å². The fourth-order valence-corrected chi connectivity index (χ4v) is 3.06. The van der Waals surface area contributed by atoms with Crippen molar-refractivity contribution in [1.82, 2.24) is 4.90 Å². The van der Waals surface area contributed by atoms with Gasteiger partial charge in [0, 0.05) is 36.6 Å². The second-order valence-electron chi connectivity index (χ2n) is 6.20. The molecule has 1 atom stereocenters. The lowest BCUT2D eigenvalue weighted by atomic mass is 10.2. The van der Waals surface area contributed by atoms with E-state index < -0.39 is 6.29 Å². The predicted molar refractivity (Wildman–Crippen MR) is 91.7 cm³/mol. The SMILES string of the molecule is O=C(Nc1ccc2c(c1)OC(F)(F)O2)N1CCC(Nc2ccccc2)C1. The number of carbonyl (C=O) groups excluding carboxylic acids is 1. The van der Waals surface area contributed by atoms with Crippen LogP contribution in [0.15, 0.2) is 48.5 Å². The molecule has 8 heteroatoms. The molecular weight excluding hydrogens is 344 g/mol. The molecule has 1 unspecified atom stereocenters. The lowest BCUT2D eigenvalue weighted by molar-refractivity contribution is -0.286. The number of fused-ring (bicyclic) bond motifs is 1. The van der Waals surface area contributed by atoms with E-state index in [1.807, 2.05) is 30.3 Å². The second-order valence-corrected chi connectivity index (χ2v) is 6.20. The lowest BCUT2D eigenvalue weighted by Gasteiger charge is -2.18. The summed E-state index contributed by atoms with van der Waals surface area (Å²) in [5.74, 6) is -0.154. The Morgan fingerprint density at radius 3 is 2.65 bits per heavy atom. The number of urea groups is 1. The highest BCUT2D eigenvalue weighted by Crippen LogP contribution is 2.42. The third-order valence-electron chi connectivity index (χ3n) is 4.27. The van der Waals surface area contributed by atoms with Crippen LogP contribution in [0, 0.1) is 0 Å². The molecule has 0 bridgehead atoms. The van der Waals surface area contributed by atoms with Gasteiger partial charge in [-0.3, -0.25) is 0 Å². The van der Waals surface area contributed by atoms with Crippen molar-refractivity contribution in [2.24, 2.45) is 0 Å². The van der Waals surface area contributed by atoms with E-state index in [2.05, 4.69) is 20.1 Å². The monoisotopic (exact) mass is 361 g/mol. The zero-order valence-electron chi connectivity index (χ0n) is 13.7. The Morgan fingerprint density at radius 1 is 1.08 bits per heavy atom. The molecule has 1 fully saturated rings. The fraction of sp³-hybridized carbons (Fsp3) is 0.278. The largest absolute Gasteiger partial charge is 0.586 e. The van der Waals surface area contributed by atoms with Crippen LogP contribution in [0.1, 0.15) is 6.42 Å². The first-order valence-electron chi connectivity index (χ1n) is 8.26. The van der Waals surface area contributed by atoms with Crippen molar-refractivity contribution >= 4 is 17.4 Å². The summed E-state index contributed by atoms with van der Waals surface area (Å²) in [6.07, 6.45) is -2.84. The summed E-state index contributed by atoms with van der Waals surface area (Å²) in [6.45, 7) is 1.17. The van der Waals surface area contributed by atoms with Gasteiger partial charge in [-0.05, 0) is 30.7 Å². The van der Waals surface area contributed by atoms with E-state index in [4.69, 9.17) is 0 Å². The highest BCUT2D eigenvalue weighted by molar-refractivity contribution is 5.90. The van der Waals surface area contributed by atoms with Crippen LogP contribution in [0.25, 0.3) is 0 Å². The summed E-state index contributed by atoms with van der Waals surface area (Å²) in [5, 5.41) is 6.10. The van der Waals surface area contributed by atoms with Gasteiger partial charge in [-0.2, -0.15) is 0 Å². The summed E-state index contributed by atoms with van der Waals surface area (Å²) in [5.41, 5.74) is 1.38. The third kappa shape index (κ3) is 3.49. The van der Waals surface area contributed by atoms with Crippen molar-refractivity contribution in [2.45, 2.75) is 18.8 Å². The van der Waals surface area contributed by atoms with E-state index in [-0.39, 0.29) is 23.6 Å². The Bertz CT molecular complexity index is 817. The van der Waals surface area contributed by atoms with Crippen LogP contribution >= 0.6 is 0 Å². The molecule has 2 N–H and O–H groups in total. The standard InChI is InChI=1S/C18H17F2N3O3/c19-18(20)25-15-7-6-13(10-16(15)26-18)22-17(24)23-9-8-14(11-23)21-12-4-2-1-3-5-12/h1-7,10,14,21H,8-9,11H2,(H,22,24). The number of nitrogens with one attached hydrogen (secondary N) is 2. The summed E-state index contributed by atoms with van der Waals surface area (Å²) < 4.78 is 34.8. The molecule has 2 aliphatic heterocycles. The van der Waals surface area contributed by atoms with Gasteiger partial charge in [-0.1, -0.05) is 18.2 Å². The Kier molecular flexibility index (Phi) is 4.02. The molecule has 1 saturated heterocycles. The predicted octanol–water partition coefficient (Wildman–Crippen LogP) is 3.73. The number of ether oxygens (including phenoxy) is 2. The number of likely N-dealkylation sites (tertiary alicyclic amines) is 1. The number of halogens is 2. The maximum atomic E-state index is 13.1. The van der Waals surface area contributed by atoms with Crippen LogP contribution in [0.5, 0.6) is 11.5 Å². The summed E-state index contributed by atoms with van der Waals surface area (Å²) in [4.78, 5) is 14.1. The molecule has 0 aliphatic carbocycles. The topological polar surface area (TPSA) is 62.8 Å². The van der Waals surface area contributed by atoms with E-state index in [9.17, 15) is 13.6 Å². The van der Waals surface area contributed by atoms with Gasteiger partial charge in [-0.25, -0.2) is 4.79 Å². The molecule has 6 nitrogen and oxygen atoms in total. The molecule has 4 rings (SSSR count). The van der Waals surface area contributed by atoms with E-state index in [1.54, 1.807) is 4.90 Å². The number of alkyl halides is 2. The van der Waals surface area contributed by atoms with Crippen LogP contribution in [0.4, 0.5) is 25.0 Å². The Labute approximate surface area is 148 Å². The van der Waals surface area contributed by atoms with Gasteiger partial charge in [0.05, 0.1) is 0 Å². The normalized spacial score (nSPS) is 20.1. The third-order valence-corrected chi connectivity index (χ3v) is 4.27. The van der Waals surface area contributed by atoms with Crippen LogP contribution in [-0.2, 0) is 0 Å². The number of hydrogen-bond acceptors (Lipinski definition) is 4. The Hall–Kier alpha value is -3.03. The van der Waals surface area contributed by atoms with Gasteiger partial charge >= 0.3 is 12.3 Å². The van der Waals surface area contributed by atoms with Crippen LogP contribution in [0.2, 0.25) is 0 Å². The summed E-state index contributed by atoms with van der Waals surface area (Å²) in [6, 6.07) is 13.8. The highest BCUT2D eigenvalue weighted by Gasteiger charge is 2.43. The van der Waals surface area contributed by atoms with E-state index in [0.717, 1.165) is 12.1 Å². The van der Waals surface area contributed by atoms with Gasteiger partial charge in [0.2, 0.25) is 0 Å². The van der Waals surface area contributed by atoms with Gasteiger partial charge < -0.3 is 25.0 Å². The van der Waals surface area contributed by atoms with Crippen LogP contribution in [-0.4, -0.2) is 36.4 Å². The lowest BCUT2D eigenvalue weighted by Crippen LogP contribution is -2.34. The van der Waals surface area contributed by atoms with Gasteiger partial charge in [0.1, 0.15) is 0 Å². The van der Waals surface area contributed by atoms with Crippen molar-refractivity contribution in [2.75, 3.05) is 23.7 Å². The molecule has 2 aromatic rings. The number of benzene rings is 2. The van der Waals surface area contributed by atoms with Crippen LogP contribution < -0.4 is 20.1 Å². The maximum Gasteiger partial charge on any atom is 0.586 e. The molecule has 0 aromatic heterocycles. The molecule has 2 heterocycles. The highest BCUT2D eigenvalue weighted by atomic mass is 19.3. The van der Waals surface area contributed by atoms with Gasteiger partial charge in [0.15, 0.2) is 11.5 Å². The number of rotatable bonds is 3. The number of carbonyl (C=O) groups is 1. The van der Waals surface area contributed by atoms with Crippen LogP contribution in [0.3, 0.4) is 0 Å². The zero-order chi connectivity index (χ0) is 18.1. The smallest absolute Gasteiger partial charge is 0.395 e. The van der Waals surface area contributed by atoms with Gasteiger partial charge in [-0.15, -0.1) is 8.78 Å². The molecule has 2 aromatic carbocycles. The second kappa shape index (κ2) is 6.36. The molecular formula is C18H17F2N3O3. The molecule has 2 amide bonds. The minimum Gasteiger partial charge on any atom is -0.395 e. The number of anilines is 2. The quantitative estimate of drug-likeness (QED) is 0.875. The molecule has 0 spiro atoms. The van der Waals surface area contributed by atoms with E-state index >= 15 is 0 Å². The first kappa shape index (κ1) is 16.4. The maximum absolute atomic E-state index is 13.1. The Balaban J connectivity index is 1.35. The molecule has 0 saturated carbocycles. The Morgan fingerprint density at radius 2 is 1.85 bits per heavy atom. The number of nitrogens with zero attached hydrogens (tertiary/aromatic N) is 1. The average Bonchev–Trinajstić information content (AvgIpc) is 3.18. The zero-order valence-corrected chi connectivity index (χ0v) is 13.7. The van der Waals surface area contributed by atoms with Crippen molar-refractivity contribution in [1.29, 1.82) is 0 Å². The first-order chi connectivity index (χ1) is 12.5. The fourth-order valence-electron chi connectivity index (χ4n) is 3.06. The average molecular weight is 361 g/mol. The molecule has 26 heavy (non-hydrogen) atoms. The van der Waals surface area contributed by atoms with Gasteiger partial charge in [0.25, 0.3) is 0 Å². The molecule has 2 aliphatic rings. The number of hydrogen-bond donors (Lipinski definition) is 2. The van der Waals surface area contributed by atoms with E-state index in [1.165, 1.54) is 18.2 Å². The first-order valence-corrected chi connectivity index (χ1v) is 8.26. The number of amides is 2. The minimum atomic E-state index is -3.67. The van der Waals surface area contributed by atoms with Crippen molar-refractivity contribution < 1.29 is 23.0 Å². The van der Waals surface area contributed by atoms with Crippen molar-refractivity contribution in [3.05, 3.63) is 48.5 Å². The van der Waals surface area contributed by atoms with E-state index in [0.29, 0.717) is 18.8 Å². The number of para-hydroxylation sites is 1. The molecule has 136 valence electrons. The van der Waals surface area contributed by atoms with Crippen molar-refractivity contribution in [3.8, 4) is 11.5 Å². The molecule has 0 radical (unpaired) electrons. The minimum absolute atomic E-state index is 0.0544. The summed E-state index contributed by atoms with van der Waals surface area (Å²) >= 11 is 0. The summed E-state index contributed by atoms with van der Waals surface area (Å²) in [7, 11) is 0.